The molecule has 17 heavy (non-hydrogen) atoms. The first kappa shape index (κ1) is 12.7. The van der Waals surface area contributed by atoms with Crippen molar-refractivity contribution < 1.29 is 5.11 Å². The zero-order valence-electron chi connectivity index (χ0n) is 10.5. The van der Waals surface area contributed by atoms with Crippen molar-refractivity contribution >= 4 is 11.6 Å². The monoisotopic (exact) mass is 253 g/mol. The molecule has 2 nitrogen and oxygen atoms in total. The Balaban J connectivity index is 2.16. The van der Waals surface area contributed by atoms with Crippen molar-refractivity contribution in [3.05, 3.63) is 28.8 Å². The van der Waals surface area contributed by atoms with E-state index in [1.807, 2.05) is 6.07 Å². The van der Waals surface area contributed by atoms with E-state index < -0.39 is 0 Å². The van der Waals surface area contributed by atoms with E-state index in [2.05, 4.69) is 18.7 Å². The summed E-state index contributed by atoms with van der Waals surface area (Å²) in [5.41, 5.74) is 0.929. The predicted octanol–water partition coefficient (Wildman–Crippen LogP) is 3.81. The van der Waals surface area contributed by atoms with Gasteiger partial charge in [-0.25, -0.2) is 0 Å². The molecule has 0 amide bonds. The van der Waals surface area contributed by atoms with Crippen molar-refractivity contribution in [3.8, 4) is 5.75 Å². The highest BCUT2D eigenvalue weighted by Crippen LogP contribution is 2.28. The molecule has 1 saturated heterocycles. The van der Waals surface area contributed by atoms with Crippen molar-refractivity contribution in [1.29, 1.82) is 0 Å². The summed E-state index contributed by atoms with van der Waals surface area (Å²) in [5.74, 6) is 0.347. The van der Waals surface area contributed by atoms with Gasteiger partial charge in [-0.3, -0.25) is 4.90 Å². The summed E-state index contributed by atoms with van der Waals surface area (Å²) in [6.45, 7) is 5.31. The number of likely N-dealkylation sites (tertiary alicyclic amines) is 1. The van der Waals surface area contributed by atoms with E-state index in [0.29, 0.717) is 22.9 Å². The van der Waals surface area contributed by atoms with Gasteiger partial charge in [0.2, 0.25) is 0 Å². The number of hydrogen-bond acceptors (Lipinski definition) is 2. The van der Waals surface area contributed by atoms with Crippen LogP contribution in [0.1, 0.15) is 38.7 Å². The predicted molar refractivity (Wildman–Crippen MR) is 71.4 cm³/mol. The van der Waals surface area contributed by atoms with E-state index in [-0.39, 0.29) is 0 Å². The van der Waals surface area contributed by atoms with Crippen LogP contribution < -0.4 is 0 Å². The molecule has 0 aliphatic carbocycles. The second kappa shape index (κ2) is 5.28. The summed E-state index contributed by atoms with van der Waals surface area (Å²) in [4.78, 5) is 2.45. The van der Waals surface area contributed by atoms with E-state index in [1.165, 1.54) is 19.3 Å². The molecule has 0 radical (unpaired) electrons. The summed E-state index contributed by atoms with van der Waals surface area (Å²) in [5, 5.41) is 10.5. The van der Waals surface area contributed by atoms with Crippen molar-refractivity contribution in [3.63, 3.8) is 0 Å². The summed E-state index contributed by atoms with van der Waals surface area (Å²) >= 11 is 5.98. The van der Waals surface area contributed by atoms with Gasteiger partial charge in [-0.05, 0) is 44.9 Å². The molecule has 2 atom stereocenters. The number of benzene rings is 1. The van der Waals surface area contributed by atoms with Crippen LogP contribution in [0.2, 0.25) is 5.02 Å². The Morgan fingerprint density at radius 1 is 1.29 bits per heavy atom. The lowest BCUT2D eigenvalue weighted by Crippen LogP contribution is -2.42. The second-order valence-corrected chi connectivity index (χ2v) is 5.51. The van der Waals surface area contributed by atoms with Gasteiger partial charge in [-0.2, -0.15) is 0 Å². The molecular weight excluding hydrogens is 234 g/mol. The zero-order chi connectivity index (χ0) is 12.4. The molecule has 1 aromatic rings. The number of nitrogens with zero attached hydrogens (tertiary/aromatic N) is 1. The Kier molecular flexibility index (Phi) is 3.95. The van der Waals surface area contributed by atoms with Gasteiger partial charge in [-0.1, -0.05) is 18.0 Å². The number of phenols is 1. The van der Waals surface area contributed by atoms with Gasteiger partial charge >= 0.3 is 0 Å². The number of hydrogen-bond donors (Lipinski definition) is 1. The largest absolute Gasteiger partial charge is 0.508 e. The standard InChI is InChI=1S/C14H20ClNO/c1-10-4-3-5-11(2)16(10)9-12-8-13(15)6-7-14(12)17/h6-8,10-11,17H,3-5,9H2,1-2H3. The number of piperidine rings is 1. The van der Waals surface area contributed by atoms with Crippen LogP contribution in [0.25, 0.3) is 0 Å². The molecule has 1 aromatic carbocycles. The molecule has 94 valence electrons. The van der Waals surface area contributed by atoms with Crippen molar-refractivity contribution in [2.75, 3.05) is 0 Å². The fraction of sp³-hybridized carbons (Fsp3) is 0.571. The zero-order valence-corrected chi connectivity index (χ0v) is 11.2. The second-order valence-electron chi connectivity index (χ2n) is 5.07. The number of phenolic OH excluding ortho intramolecular Hbond substituents is 1. The van der Waals surface area contributed by atoms with Gasteiger partial charge in [0.25, 0.3) is 0 Å². The fourth-order valence-electron chi connectivity index (χ4n) is 2.66. The van der Waals surface area contributed by atoms with E-state index >= 15 is 0 Å². The normalized spacial score (nSPS) is 26.1. The highest BCUT2D eigenvalue weighted by atomic mass is 35.5. The topological polar surface area (TPSA) is 23.5 Å². The van der Waals surface area contributed by atoms with Crippen LogP contribution in [0, 0.1) is 0 Å². The minimum Gasteiger partial charge on any atom is -0.508 e. The molecule has 1 fully saturated rings. The van der Waals surface area contributed by atoms with Crippen LogP contribution in [0.4, 0.5) is 0 Å². The molecule has 1 heterocycles. The first-order valence-corrected chi connectivity index (χ1v) is 6.69. The first-order valence-electron chi connectivity index (χ1n) is 6.31. The minimum absolute atomic E-state index is 0.347. The van der Waals surface area contributed by atoms with Crippen LogP contribution in [0.3, 0.4) is 0 Å². The van der Waals surface area contributed by atoms with Crippen molar-refractivity contribution in [2.24, 2.45) is 0 Å². The van der Waals surface area contributed by atoms with Crippen LogP contribution in [0.15, 0.2) is 18.2 Å². The first-order chi connectivity index (χ1) is 8.08. The highest BCUT2D eigenvalue weighted by molar-refractivity contribution is 6.30. The van der Waals surface area contributed by atoms with E-state index in [4.69, 9.17) is 11.6 Å². The lowest BCUT2D eigenvalue weighted by Gasteiger charge is -2.39. The highest BCUT2D eigenvalue weighted by Gasteiger charge is 2.25. The molecule has 1 aliphatic rings. The Hall–Kier alpha value is -0.730. The molecule has 1 N–H and O–H groups in total. The summed E-state index contributed by atoms with van der Waals surface area (Å²) < 4.78 is 0. The van der Waals surface area contributed by atoms with Gasteiger partial charge < -0.3 is 5.11 Å². The summed E-state index contributed by atoms with van der Waals surface area (Å²) in [6, 6.07) is 6.43. The molecule has 0 aromatic heterocycles. The third-order valence-corrected chi connectivity index (χ3v) is 4.01. The maximum Gasteiger partial charge on any atom is 0.120 e. The number of rotatable bonds is 2. The Labute approximate surface area is 108 Å². The molecule has 2 unspecified atom stereocenters. The average molecular weight is 254 g/mol. The summed E-state index contributed by atoms with van der Waals surface area (Å²) in [6.07, 6.45) is 3.79. The molecule has 0 spiro atoms. The fourth-order valence-corrected chi connectivity index (χ4v) is 2.86. The van der Waals surface area contributed by atoms with Crippen LogP contribution in [-0.2, 0) is 6.54 Å². The van der Waals surface area contributed by atoms with Crippen LogP contribution >= 0.6 is 11.6 Å². The van der Waals surface area contributed by atoms with E-state index in [1.54, 1.807) is 12.1 Å². The number of halogens is 1. The van der Waals surface area contributed by atoms with Crippen LogP contribution in [0.5, 0.6) is 5.75 Å². The Morgan fingerprint density at radius 3 is 2.59 bits per heavy atom. The lowest BCUT2D eigenvalue weighted by atomic mass is 9.96. The number of aromatic hydroxyl groups is 1. The van der Waals surface area contributed by atoms with Gasteiger partial charge in [0.15, 0.2) is 0 Å². The van der Waals surface area contributed by atoms with Gasteiger partial charge in [0, 0.05) is 29.2 Å². The van der Waals surface area contributed by atoms with Crippen molar-refractivity contribution in [1.82, 2.24) is 4.90 Å². The molecule has 0 bridgehead atoms. The quantitative estimate of drug-likeness (QED) is 0.867. The Bertz CT molecular complexity index is 384. The van der Waals surface area contributed by atoms with E-state index in [0.717, 1.165) is 12.1 Å². The molecule has 0 saturated carbocycles. The van der Waals surface area contributed by atoms with Gasteiger partial charge in [0.1, 0.15) is 5.75 Å². The van der Waals surface area contributed by atoms with Crippen molar-refractivity contribution in [2.45, 2.75) is 51.7 Å². The third-order valence-electron chi connectivity index (χ3n) is 3.77. The van der Waals surface area contributed by atoms with Gasteiger partial charge in [-0.15, -0.1) is 0 Å². The average Bonchev–Trinajstić information content (AvgIpc) is 2.28. The molecule has 3 heteroatoms. The van der Waals surface area contributed by atoms with E-state index in [9.17, 15) is 5.11 Å². The summed E-state index contributed by atoms with van der Waals surface area (Å²) in [7, 11) is 0. The lowest BCUT2D eigenvalue weighted by molar-refractivity contribution is 0.0944. The van der Waals surface area contributed by atoms with Gasteiger partial charge in [0.05, 0.1) is 0 Å². The third kappa shape index (κ3) is 2.93. The molecule has 2 rings (SSSR count). The van der Waals surface area contributed by atoms with Crippen LogP contribution in [-0.4, -0.2) is 22.1 Å². The minimum atomic E-state index is 0.347. The molecule has 1 aliphatic heterocycles. The maximum atomic E-state index is 9.85. The maximum absolute atomic E-state index is 9.85. The Morgan fingerprint density at radius 2 is 1.94 bits per heavy atom. The smallest absolute Gasteiger partial charge is 0.120 e. The molecular formula is C14H20ClNO. The SMILES string of the molecule is CC1CCCC(C)N1Cc1cc(Cl)ccc1O.